The molecule has 0 aliphatic carbocycles. The molecule has 0 atom stereocenters. The summed E-state index contributed by atoms with van der Waals surface area (Å²) < 4.78 is 7.57. The molecule has 1 aromatic heterocycles. The minimum atomic E-state index is -0.307. The number of amides is 2. The van der Waals surface area contributed by atoms with Crippen LogP contribution in [0.15, 0.2) is 48.7 Å². The Kier molecular flexibility index (Phi) is 7.65. The minimum Gasteiger partial charge on any atom is -0.489 e. The lowest BCUT2D eigenvalue weighted by Crippen LogP contribution is -2.26. The van der Waals surface area contributed by atoms with E-state index in [4.69, 9.17) is 4.74 Å². The van der Waals surface area contributed by atoms with E-state index in [-0.39, 0.29) is 17.5 Å². The van der Waals surface area contributed by atoms with Gasteiger partial charge in [0.2, 0.25) is 0 Å². The van der Waals surface area contributed by atoms with Gasteiger partial charge in [-0.25, -0.2) is 0 Å². The molecule has 32 heavy (non-hydrogen) atoms. The van der Waals surface area contributed by atoms with E-state index in [1.165, 1.54) is 5.56 Å². The van der Waals surface area contributed by atoms with Crippen molar-refractivity contribution in [1.29, 1.82) is 0 Å². The average molecular weight is 435 g/mol. The lowest BCUT2D eigenvalue weighted by molar-refractivity contribution is 0.0948. The topological polar surface area (TPSA) is 85.3 Å². The number of aromatic nitrogens is 2. The van der Waals surface area contributed by atoms with Crippen LogP contribution in [0, 0.1) is 13.8 Å². The Morgan fingerprint density at radius 3 is 2.59 bits per heavy atom. The molecule has 0 unspecified atom stereocenters. The minimum absolute atomic E-state index is 0.211. The van der Waals surface area contributed by atoms with Crippen molar-refractivity contribution in [2.24, 2.45) is 0 Å². The number of carbonyl (C=O) groups excluding carboxylic acids is 2. The second kappa shape index (κ2) is 10.6. The van der Waals surface area contributed by atoms with Gasteiger partial charge in [-0.15, -0.1) is 0 Å². The largest absolute Gasteiger partial charge is 0.489 e. The first kappa shape index (κ1) is 23.1. The molecule has 2 amide bonds. The summed E-state index contributed by atoms with van der Waals surface area (Å²) in [6.45, 7) is 9.45. The summed E-state index contributed by atoms with van der Waals surface area (Å²) in [4.78, 5) is 25.3. The van der Waals surface area contributed by atoms with Crippen LogP contribution in [-0.4, -0.2) is 28.1 Å². The van der Waals surface area contributed by atoms with Crippen LogP contribution in [-0.2, 0) is 13.2 Å². The van der Waals surface area contributed by atoms with Gasteiger partial charge in [-0.3, -0.25) is 14.3 Å². The number of benzene rings is 2. The van der Waals surface area contributed by atoms with E-state index < -0.39 is 0 Å². The van der Waals surface area contributed by atoms with Gasteiger partial charge >= 0.3 is 0 Å². The maximum atomic E-state index is 12.9. The molecule has 3 rings (SSSR count). The van der Waals surface area contributed by atoms with Gasteiger partial charge in [0.05, 0.1) is 5.69 Å². The highest BCUT2D eigenvalue weighted by Gasteiger charge is 2.19. The number of nitrogens with zero attached hydrogens (tertiary/aromatic N) is 2. The quantitative estimate of drug-likeness (QED) is 0.520. The van der Waals surface area contributed by atoms with Crippen molar-refractivity contribution in [3.63, 3.8) is 0 Å². The van der Waals surface area contributed by atoms with Crippen LogP contribution in [0.2, 0.25) is 0 Å². The standard InChI is InChI=1S/C25H30N4O3/c1-5-12-26-25(31)23-21(15-29(6-2)28-23)27-24(30)20-9-7-8-19(14-20)16-32-22-11-10-17(3)13-18(22)4/h7-11,13-15H,5-6,12,16H2,1-4H3,(H,26,31)(H,27,30). The Bertz CT molecular complexity index is 1100. The van der Waals surface area contributed by atoms with Crippen LogP contribution in [0.4, 0.5) is 5.69 Å². The van der Waals surface area contributed by atoms with E-state index in [0.29, 0.717) is 30.9 Å². The molecule has 7 nitrogen and oxygen atoms in total. The van der Waals surface area contributed by atoms with Crippen LogP contribution in [0.5, 0.6) is 5.75 Å². The fourth-order valence-corrected chi connectivity index (χ4v) is 3.28. The zero-order valence-corrected chi connectivity index (χ0v) is 19.1. The Morgan fingerprint density at radius 1 is 1.06 bits per heavy atom. The lowest BCUT2D eigenvalue weighted by atomic mass is 10.1. The number of aryl methyl sites for hydroxylation is 3. The van der Waals surface area contributed by atoms with Crippen LogP contribution < -0.4 is 15.4 Å². The number of carbonyl (C=O) groups is 2. The van der Waals surface area contributed by atoms with Gasteiger partial charge in [-0.05, 0) is 56.5 Å². The van der Waals surface area contributed by atoms with Crippen LogP contribution in [0.1, 0.15) is 57.8 Å². The first-order chi connectivity index (χ1) is 15.4. The molecule has 0 radical (unpaired) electrons. The lowest BCUT2D eigenvalue weighted by Gasteiger charge is -2.11. The summed E-state index contributed by atoms with van der Waals surface area (Å²) in [6.07, 6.45) is 2.49. The Balaban J connectivity index is 1.72. The molecule has 2 aromatic carbocycles. The van der Waals surface area contributed by atoms with E-state index in [1.54, 1.807) is 23.0 Å². The van der Waals surface area contributed by atoms with Gasteiger partial charge in [0, 0.05) is 24.8 Å². The molecular weight excluding hydrogens is 404 g/mol. The highest BCUT2D eigenvalue weighted by Crippen LogP contribution is 2.21. The number of anilines is 1. The molecule has 0 fully saturated rings. The summed E-state index contributed by atoms with van der Waals surface area (Å²) in [5, 5.41) is 9.93. The number of hydrogen-bond donors (Lipinski definition) is 2. The van der Waals surface area contributed by atoms with Crippen LogP contribution in [0.3, 0.4) is 0 Å². The summed E-state index contributed by atoms with van der Waals surface area (Å²) in [7, 11) is 0. The Morgan fingerprint density at radius 2 is 1.88 bits per heavy atom. The van der Waals surface area contributed by atoms with E-state index in [2.05, 4.69) is 21.8 Å². The second-order valence-corrected chi connectivity index (χ2v) is 7.72. The maximum Gasteiger partial charge on any atom is 0.273 e. The number of ether oxygens (including phenoxy) is 1. The second-order valence-electron chi connectivity index (χ2n) is 7.72. The SMILES string of the molecule is CCCNC(=O)c1nn(CC)cc1NC(=O)c1cccc(COc2ccc(C)cc2C)c1. The third-order valence-electron chi connectivity index (χ3n) is 5.00. The van der Waals surface area contributed by atoms with Crippen molar-refractivity contribution in [3.05, 3.63) is 76.6 Å². The van der Waals surface area contributed by atoms with E-state index in [9.17, 15) is 9.59 Å². The van der Waals surface area contributed by atoms with Gasteiger partial charge in [0.25, 0.3) is 11.8 Å². The first-order valence-corrected chi connectivity index (χ1v) is 10.9. The van der Waals surface area contributed by atoms with E-state index in [0.717, 1.165) is 23.3 Å². The Hall–Kier alpha value is -3.61. The summed E-state index contributed by atoms with van der Waals surface area (Å²) in [5.74, 6) is 0.212. The van der Waals surface area contributed by atoms with Crippen LogP contribution >= 0.6 is 0 Å². The molecule has 2 N–H and O–H groups in total. The third kappa shape index (κ3) is 5.75. The fraction of sp³-hybridized carbons (Fsp3) is 0.320. The van der Waals surface area contributed by atoms with Crippen molar-refractivity contribution < 1.29 is 14.3 Å². The van der Waals surface area contributed by atoms with Crippen molar-refractivity contribution in [1.82, 2.24) is 15.1 Å². The molecule has 7 heteroatoms. The van der Waals surface area contributed by atoms with Gasteiger partial charge < -0.3 is 15.4 Å². The molecule has 3 aromatic rings. The van der Waals surface area contributed by atoms with E-state index >= 15 is 0 Å². The van der Waals surface area contributed by atoms with Gasteiger partial charge in [0.15, 0.2) is 5.69 Å². The van der Waals surface area contributed by atoms with Crippen molar-refractivity contribution in [2.75, 3.05) is 11.9 Å². The molecule has 0 aliphatic heterocycles. The number of hydrogen-bond acceptors (Lipinski definition) is 4. The van der Waals surface area contributed by atoms with E-state index in [1.807, 2.05) is 52.0 Å². The molecule has 0 aliphatic rings. The molecule has 168 valence electrons. The molecule has 0 saturated carbocycles. The Labute approximate surface area is 188 Å². The van der Waals surface area contributed by atoms with Crippen molar-refractivity contribution >= 4 is 17.5 Å². The molecule has 0 saturated heterocycles. The highest BCUT2D eigenvalue weighted by molar-refractivity contribution is 6.08. The molecular formula is C25H30N4O3. The summed E-state index contributed by atoms with van der Waals surface area (Å²) in [5.41, 5.74) is 4.22. The number of rotatable bonds is 9. The molecule has 0 bridgehead atoms. The normalized spacial score (nSPS) is 10.6. The average Bonchev–Trinajstić information content (AvgIpc) is 3.20. The van der Waals surface area contributed by atoms with Gasteiger partial charge in [-0.2, -0.15) is 5.10 Å². The zero-order valence-electron chi connectivity index (χ0n) is 19.1. The predicted molar refractivity (Wildman–Crippen MR) is 125 cm³/mol. The first-order valence-electron chi connectivity index (χ1n) is 10.9. The predicted octanol–water partition coefficient (Wildman–Crippen LogP) is 4.49. The van der Waals surface area contributed by atoms with Crippen molar-refractivity contribution in [2.45, 2.75) is 47.3 Å². The number of nitrogens with one attached hydrogen (secondary N) is 2. The molecule has 1 heterocycles. The van der Waals surface area contributed by atoms with Gasteiger partial charge in [-0.1, -0.05) is 36.8 Å². The van der Waals surface area contributed by atoms with Crippen molar-refractivity contribution in [3.8, 4) is 5.75 Å². The van der Waals surface area contributed by atoms with Gasteiger partial charge in [0.1, 0.15) is 12.4 Å². The smallest absolute Gasteiger partial charge is 0.273 e. The fourth-order valence-electron chi connectivity index (χ4n) is 3.28. The third-order valence-corrected chi connectivity index (χ3v) is 5.00. The van der Waals surface area contributed by atoms with Crippen LogP contribution in [0.25, 0.3) is 0 Å². The molecule has 0 spiro atoms. The zero-order chi connectivity index (χ0) is 23.1. The summed E-state index contributed by atoms with van der Waals surface area (Å²) in [6, 6.07) is 13.3. The highest BCUT2D eigenvalue weighted by atomic mass is 16.5. The monoisotopic (exact) mass is 434 g/mol. The maximum absolute atomic E-state index is 12.9. The summed E-state index contributed by atoms with van der Waals surface area (Å²) >= 11 is 0.